The zero-order chi connectivity index (χ0) is 16.8. The molecule has 2 aliphatic heterocycles. The van der Waals surface area contributed by atoms with Crippen molar-refractivity contribution in [1.82, 2.24) is 5.06 Å². The summed E-state index contributed by atoms with van der Waals surface area (Å²) >= 11 is 0. The Morgan fingerprint density at radius 1 is 1.48 bits per heavy atom. The molecular formula is C15H16F3NO4. The molecule has 1 aromatic rings. The first-order valence-corrected chi connectivity index (χ1v) is 7.27. The van der Waals surface area contributed by atoms with Crippen LogP contribution in [0.2, 0.25) is 0 Å². The lowest BCUT2D eigenvalue weighted by atomic mass is 9.80. The summed E-state index contributed by atoms with van der Waals surface area (Å²) in [6, 6.07) is 5.04. The monoisotopic (exact) mass is 331 g/mol. The van der Waals surface area contributed by atoms with Crippen LogP contribution in [0.5, 0.6) is 0 Å². The van der Waals surface area contributed by atoms with Crippen molar-refractivity contribution >= 4 is 5.97 Å². The second-order valence-electron chi connectivity index (χ2n) is 5.55. The van der Waals surface area contributed by atoms with Crippen molar-refractivity contribution in [1.29, 1.82) is 0 Å². The number of hydrogen-bond acceptors (Lipinski definition) is 5. The summed E-state index contributed by atoms with van der Waals surface area (Å²) in [6.07, 6.45) is -6.73. The third-order valence-electron chi connectivity index (χ3n) is 4.25. The first kappa shape index (κ1) is 16.2. The van der Waals surface area contributed by atoms with Gasteiger partial charge in [-0.3, -0.25) is 4.84 Å². The van der Waals surface area contributed by atoms with Crippen LogP contribution in [0.3, 0.4) is 0 Å². The molecular weight excluding hydrogens is 315 g/mol. The number of aliphatic hydroxyl groups is 1. The third-order valence-corrected chi connectivity index (χ3v) is 4.25. The van der Waals surface area contributed by atoms with Gasteiger partial charge in [0.25, 0.3) is 0 Å². The minimum absolute atomic E-state index is 0.103. The number of hydrogen-bond donors (Lipinski definition) is 1. The number of alkyl halides is 3. The maximum Gasteiger partial charge on any atom is 0.422 e. The lowest BCUT2D eigenvalue weighted by Crippen LogP contribution is -2.58. The number of ether oxygens (including phenoxy) is 1. The molecule has 23 heavy (non-hydrogen) atoms. The Bertz CT molecular complexity index is 621. The van der Waals surface area contributed by atoms with Crippen LogP contribution in [-0.2, 0) is 20.8 Å². The molecule has 3 atom stereocenters. The molecule has 3 rings (SSSR count). The fourth-order valence-electron chi connectivity index (χ4n) is 3.22. The Morgan fingerprint density at radius 3 is 2.83 bits per heavy atom. The molecule has 0 radical (unpaired) electrons. The molecule has 0 saturated carbocycles. The van der Waals surface area contributed by atoms with Crippen molar-refractivity contribution in [2.45, 2.75) is 37.3 Å². The van der Waals surface area contributed by atoms with Crippen molar-refractivity contribution in [3.8, 4) is 0 Å². The Kier molecular flexibility index (Phi) is 3.86. The van der Waals surface area contributed by atoms with E-state index in [2.05, 4.69) is 4.74 Å². The van der Waals surface area contributed by atoms with Crippen molar-refractivity contribution < 1.29 is 32.6 Å². The fraction of sp³-hybridized carbons (Fsp3) is 0.533. The number of rotatable bonds is 2. The van der Waals surface area contributed by atoms with E-state index in [1.807, 2.05) is 0 Å². The molecule has 0 aromatic heterocycles. The van der Waals surface area contributed by atoms with E-state index < -0.39 is 29.9 Å². The van der Waals surface area contributed by atoms with Crippen LogP contribution in [0.25, 0.3) is 0 Å². The number of fused-ring (bicyclic) bond motifs is 3. The van der Waals surface area contributed by atoms with E-state index in [4.69, 9.17) is 4.84 Å². The van der Waals surface area contributed by atoms with Gasteiger partial charge in [0.1, 0.15) is 6.04 Å². The van der Waals surface area contributed by atoms with Gasteiger partial charge in [-0.1, -0.05) is 24.3 Å². The molecule has 0 spiro atoms. The van der Waals surface area contributed by atoms with Gasteiger partial charge in [0.2, 0.25) is 11.7 Å². The summed E-state index contributed by atoms with van der Waals surface area (Å²) in [5.41, 5.74) is -2.36. The molecule has 5 nitrogen and oxygen atoms in total. The standard InChI is InChI=1S/C15H16F3NO4/c1-2-22-13(20)12-14(21,15(16,17)18)11-10-6-4-3-5-9(10)7-8-19(11)23-12/h3-6,11-12,21H,2,7-8H2,1H3/t11-,12+,14+/m1/s1. The van der Waals surface area contributed by atoms with Crippen LogP contribution in [0.1, 0.15) is 24.1 Å². The quantitative estimate of drug-likeness (QED) is 0.837. The minimum Gasteiger partial charge on any atom is -0.464 e. The van der Waals surface area contributed by atoms with Gasteiger partial charge < -0.3 is 9.84 Å². The van der Waals surface area contributed by atoms with Crippen LogP contribution < -0.4 is 0 Å². The molecule has 1 fully saturated rings. The Labute approximate surface area is 130 Å². The fourth-order valence-corrected chi connectivity index (χ4v) is 3.22. The lowest BCUT2D eigenvalue weighted by molar-refractivity contribution is -0.278. The minimum atomic E-state index is -5.06. The molecule has 1 saturated heterocycles. The number of esters is 1. The number of benzene rings is 1. The Hall–Kier alpha value is -1.64. The summed E-state index contributed by atoms with van der Waals surface area (Å²) in [6.45, 7) is 1.52. The average Bonchev–Trinajstić information content (AvgIpc) is 2.82. The van der Waals surface area contributed by atoms with E-state index in [9.17, 15) is 23.1 Å². The average molecular weight is 331 g/mol. The maximum atomic E-state index is 13.7. The maximum absolute atomic E-state index is 13.7. The van der Waals surface area contributed by atoms with Gasteiger partial charge in [-0.25, -0.2) is 4.79 Å². The van der Waals surface area contributed by atoms with Gasteiger partial charge in [0, 0.05) is 6.54 Å². The molecule has 0 unspecified atom stereocenters. The molecule has 2 heterocycles. The zero-order valence-electron chi connectivity index (χ0n) is 12.3. The van der Waals surface area contributed by atoms with Crippen molar-refractivity contribution in [3.05, 3.63) is 35.4 Å². The highest BCUT2D eigenvalue weighted by atomic mass is 19.4. The van der Waals surface area contributed by atoms with Crippen molar-refractivity contribution in [2.24, 2.45) is 0 Å². The Balaban J connectivity index is 2.11. The van der Waals surface area contributed by atoms with E-state index >= 15 is 0 Å². The summed E-state index contributed by atoms with van der Waals surface area (Å²) in [4.78, 5) is 17.1. The van der Waals surface area contributed by atoms with Gasteiger partial charge in [-0.15, -0.1) is 0 Å². The topological polar surface area (TPSA) is 59.0 Å². The largest absolute Gasteiger partial charge is 0.464 e. The Morgan fingerprint density at radius 2 is 2.17 bits per heavy atom. The number of hydroxylamine groups is 2. The molecule has 2 aliphatic rings. The number of halogens is 3. The van der Waals surface area contributed by atoms with E-state index in [0.717, 1.165) is 5.06 Å². The van der Waals surface area contributed by atoms with Crippen LogP contribution in [-0.4, -0.2) is 47.2 Å². The molecule has 0 amide bonds. The SMILES string of the molecule is CCOC(=O)[C@@H]1ON2CCc3ccccc3[C@@H]2[C@@]1(O)C(F)(F)F. The molecule has 1 N–H and O–H groups in total. The van der Waals surface area contributed by atoms with E-state index in [1.54, 1.807) is 18.2 Å². The molecule has 0 bridgehead atoms. The number of carbonyl (C=O) groups excluding carboxylic acids is 1. The van der Waals surface area contributed by atoms with Gasteiger partial charge >= 0.3 is 12.1 Å². The van der Waals surface area contributed by atoms with Gasteiger partial charge in [-0.2, -0.15) is 18.2 Å². The van der Waals surface area contributed by atoms with E-state index in [1.165, 1.54) is 13.0 Å². The second kappa shape index (κ2) is 5.47. The van der Waals surface area contributed by atoms with Crippen molar-refractivity contribution in [3.63, 3.8) is 0 Å². The van der Waals surface area contributed by atoms with E-state index in [-0.39, 0.29) is 13.2 Å². The number of nitrogens with zero attached hydrogens (tertiary/aromatic N) is 1. The normalized spacial score (nSPS) is 30.7. The molecule has 1 aromatic carbocycles. The predicted molar refractivity (Wildman–Crippen MR) is 72.1 cm³/mol. The zero-order valence-corrected chi connectivity index (χ0v) is 12.3. The van der Waals surface area contributed by atoms with E-state index in [0.29, 0.717) is 17.5 Å². The van der Waals surface area contributed by atoms with Crippen LogP contribution in [0.4, 0.5) is 13.2 Å². The van der Waals surface area contributed by atoms with Crippen LogP contribution in [0.15, 0.2) is 24.3 Å². The molecule has 0 aliphatic carbocycles. The molecule has 8 heteroatoms. The second-order valence-corrected chi connectivity index (χ2v) is 5.55. The lowest BCUT2D eigenvalue weighted by Gasteiger charge is -2.37. The predicted octanol–water partition coefficient (Wildman–Crippen LogP) is 1.76. The first-order chi connectivity index (χ1) is 10.8. The number of carbonyl (C=O) groups is 1. The van der Waals surface area contributed by atoms with Crippen molar-refractivity contribution in [2.75, 3.05) is 13.2 Å². The highest BCUT2D eigenvalue weighted by Crippen LogP contribution is 2.53. The van der Waals surface area contributed by atoms with Gasteiger partial charge in [0.05, 0.1) is 6.61 Å². The summed E-state index contributed by atoms with van der Waals surface area (Å²) in [5.74, 6) is -1.22. The van der Waals surface area contributed by atoms with Gasteiger partial charge in [-0.05, 0) is 24.5 Å². The first-order valence-electron chi connectivity index (χ1n) is 7.27. The van der Waals surface area contributed by atoms with Gasteiger partial charge in [0.15, 0.2) is 0 Å². The highest BCUT2D eigenvalue weighted by molar-refractivity contribution is 5.77. The summed E-state index contributed by atoms with van der Waals surface area (Å²) in [5, 5.41) is 11.6. The summed E-state index contributed by atoms with van der Waals surface area (Å²) in [7, 11) is 0. The smallest absolute Gasteiger partial charge is 0.422 e. The highest BCUT2D eigenvalue weighted by Gasteiger charge is 2.73. The van der Waals surface area contributed by atoms with Crippen LogP contribution >= 0.6 is 0 Å². The van der Waals surface area contributed by atoms with Crippen LogP contribution in [0, 0.1) is 0 Å². The third kappa shape index (κ3) is 2.32. The summed E-state index contributed by atoms with van der Waals surface area (Å²) < 4.78 is 45.7. The molecule has 126 valence electrons.